The van der Waals surface area contributed by atoms with E-state index in [4.69, 9.17) is 4.74 Å². The molecule has 7 heteroatoms. The Morgan fingerprint density at radius 1 is 1.52 bits per heavy atom. The fourth-order valence-electron chi connectivity index (χ4n) is 2.32. The number of hydrogen-bond acceptors (Lipinski definition) is 5. The van der Waals surface area contributed by atoms with Crippen LogP contribution in [-0.2, 0) is 4.79 Å². The number of carbonyl (C=O) groups is 1. The van der Waals surface area contributed by atoms with E-state index in [1.165, 1.54) is 12.1 Å². The van der Waals surface area contributed by atoms with E-state index in [-0.39, 0.29) is 23.3 Å². The first-order chi connectivity index (χ1) is 10.1. The van der Waals surface area contributed by atoms with Crippen LogP contribution in [0.25, 0.3) is 0 Å². The molecule has 2 rings (SSSR count). The molecule has 0 aliphatic carbocycles. The van der Waals surface area contributed by atoms with Crippen LogP contribution in [0.4, 0.5) is 11.4 Å². The van der Waals surface area contributed by atoms with Crippen molar-refractivity contribution in [3.63, 3.8) is 0 Å². The fraction of sp³-hybridized carbons (Fsp3) is 0.500. The molecule has 0 unspecified atom stereocenters. The smallest absolute Gasteiger partial charge is 0.296 e. The Morgan fingerprint density at radius 3 is 2.95 bits per heavy atom. The summed E-state index contributed by atoms with van der Waals surface area (Å²) in [4.78, 5) is 22.7. The minimum absolute atomic E-state index is 0.162. The van der Waals surface area contributed by atoms with E-state index in [9.17, 15) is 14.9 Å². The topological polar surface area (TPSA) is 93.5 Å². The van der Waals surface area contributed by atoms with Gasteiger partial charge in [0.15, 0.2) is 0 Å². The molecule has 1 aromatic carbocycles. The second kappa shape index (κ2) is 7.03. The van der Waals surface area contributed by atoms with Gasteiger partial charge in [0, 0.05) is 0 Å². The van der Waals surface area contributed by atoms with Crippen molar-refractivity contribution >= 4 is 17.3 Å². The number of anilines is 1. The Labute approximate surface area is 122 Å². The highest BCUT2D eigenvalue weighted by molar-refractivity contribution is 5.96. The number of nitro groups is 1. The summed E-state index contributed by atoms with van der Waals surface area (Å²) in [5.41, 5.74) is 0.0333. The molecule has 0 radical (unpaired) electrons. The predicted molar refractivity (Wildman–Crippen MR) is 78.5 cm³/mol. The number of piperidine rings is 1. The van der Waals surface area contributed by atoms with E-state index in [2.05, 4.69) is 10.6 Å². The standard InChI is InChI=1S/C14H19N3O4/c1-2-21-10-6-7-11(13(9-10)17(19)20)16-14(18)12-5-3-4-8-15-12/h6-7,9,12,15H,2-5,8H2,1H3,(H,16,18)/t12-/m0/s1. The number of rotatable bonds is 5. The van der Waals surface area contributed by atoms with Crippen LogP contribution in [0.1, 0.15) is 26.2 Å². The van der Waals surface area contributed by atoms with Crippen LogP contribution in [0.5, 0.6) is 5.75 Å². The van der Waals surface area contributed by atoms with Gasteiger partial charge in [-0.05, 0) is 38.4 Å². The van der Waals surface area contributed by atoms with Crippen LogP contribution < -0.4 is 15.4 Å². The average Bonchev–Trinajstić information content (AvgIpc) is 2.49. The number of amides is 1. The Balaban J connectivity index is 2.14. The number of nitrogens with zero attached hydrogens (tertiary/aromatic N) is 1. The van der Waals surface area contributed by atoms with E-state index in [1.54, 1.807) is 13.0 Å². The van der Waals surface area contributed by atoms with Crippen molar-refractivity contribution in [3.8, 4) is 5.75 Å². The maximum atomic E-state index is 12.1. The monoisotopic (exact) mass is 293 g/mol. The summed E-state index contributed by atoms with van der Waals surface area (Å²) < 4.78 is 5.24. The van der Waals surface area contributed by atoms with Gasteiger partial charge in [0.1, 0.15) is 11.4 Å². The van der Waals surface area contributed by atoms with Crippen molar-refractivity contribution in [2.75, 3.05) is 18.5 Å². The molecule has 1 aliphatic heterocycles. The molecule has 7 nitrogen and oxygen atoms in total. The molecular weight excluding hydrogens is 274 g/mol. The van der Waals surface area contributed by atoms with Crippen LogP contribution in [-0.4, -0.2) is 30.0 Å². The molecular formula is C14H19N3O4. The predicted octanol–water partition coefficient (Wildman–Crippen LogP) is 2.07. The Hall–Kier alpha value is -2.15. The first kappa shape index (κ1) is 15.2. The largest absolute Gasteiger partial charge is 0.494 e. The van der Waals surface area contributed by atoms with Crippen LogP contribution in [0.2, 0.25) is 0 Å². The number of benzene rings is 1. The third-order valence-electron chi connectivity index (χ3n) is 3.36. The van der Waals surface area contributed by atoms with Gasteiger partial charge in [0.2, 0.25) is 5.91 Å². The van der Waals surface area contributed by atoms with Crippen molar-refractivity contribution in [3.05, 3.63) is 28.3 Å². The van der Waals surface area contributed by atoms with E-state index >= 15 is 0 Å². The van der Waals surface area contributed by atoms with Crippen molar-refractivity contribution < 1.29 is 14.5 Å². The molecule has 1 heterocycles. The Kier molecular flexibility index (Phi) is 5.10. The molecule has 2 N–H and O–H groups in total. The molecule has 1 fully saturated rings. The summed E-state index contributed by atoms with van der Waals surface area (Å²) >= 11 is 0. The van der Waals surface area contributed by atoms with Crippen molar-refractivity contribution in [2.45, 2.75) is 32.2 Å². The Morgan fingerprint density at radius 2 is 2.33 bits per heavy atom. The average molecular weight is 293 g/mol. The van der Waals surface area contributed by atoms with Gasteiger partial charge >= 0.3 is 0 Å². The molecule has 0 aromatic heterocycles. The van der Waals surface area contributed by atoms with Crippen LogP contribution in [0, 0.1) is 10.1 Å². The summed E-state index contributed by atoms with van der Waals surface area (Å²) in [6.45, 7) is 3.02. The zero-order valence-corrected chi connectivity index (χ0v) is 11.9. The molecule has 1 amide bonds. The van der Waals surface area contributed by atoms with Crippen molar-refractivity contribution in [1.29, 1.82) is 0 Å². The zero-order valence-electron chi connectivity index (χ0n) is 11.9. The lowest BCUT2D eigenvalue weighted by Crippen LogP contribution is -2.43. The number of ether oxygens (including phenoxy) is 1. The number of nitrogens with one attached hydrogen (secondary N) is 2. The summed E-state index contributed by atoms with van der Waals surface area (Å²) in [7, 11) is 0. The van der Waals surface area contributed by atoms with Gasteiger partial charge in [-0.15, -0.1) is 0 Å². The van der Waals surface area contributed by atoms with Gasteiger partial charge in [0.25, 0.3) is 5.69 Å². The molecule has 1 saturated heterocycles. The molecule has 21 heavy (non-hydrogen) atoms. The van der Waals surface area contributed by atoms with Gasteiger partial charge in [-0.2, -0.15) is 0 Å². The summed E-state index contributed by atoms with van der Waals surface area (Å²) in [5.74, 6) is 0.181. The lowest BCUT2D eigenvalue weighted by atomic mass is 10.0. The van der Waals surface area contributed by atoms with E-state index < -0.39 is 4.92 Å². The first-order valence-corrected chi connectivity index (χ1v) is 7.07. The van der Waals surface area contributed by atoms with E-state index in [1.807, 2.05) is 0 Å². The third kappa shape index (κ3) is 3.91. The minimum atomic E-state index is -0.521. The maximum absolute atomic E-state index is 12.1. The van der Waals surface area contributed by atoms with Gasteiger partial charge in [0.05, 0.1) is 23.6 Å². The molecule has 114 valence electrons. The highest BCUT2D eigenvalue weighted by Gasteiger charge is 2.23. The van der Waals surface area contributed by atoms with Gasteiger partial charge in [-0.25, -0.2) is 0 Å². The lowest BCUT2D eigenvalue weighted by Gasteiger charge is -2.22. The SMILES string of the molecule is CCOc1ccc(NC(=O)[C@@H]2CCCCN2)c([N+](=O)[O-])c1. The second-order valence-corrected chi connectivity index (χ2v) is 4.86. The van der Waals surface area contributed by atoms with E-state index in [0.29, 0.717) is 12.4 Å². The number of carbonyl (C=O) groups excluding carboxylic acids is 1. The zero-order chi connectivity index (χ0) is 15.2. The molecule has 0 bridgehead atoms. The summed E-state index contributed by atoms with van der Waals surface area (Å²) in [6.07, 6.45) is 2.78. The molecule has 1 aromatic rings. The molecule has 0 saturated carbocycles. The normalized spacial score (nSPS) is 18.0. The summed E-state index contributed by atoms with van der Waals surface area (Å²) in [6, 6.07) is 4.16. The molecule has 1 aliphatic rings. The highest BCUT2D eigenvalue weighted by Crippen LogP contribution is 2.29. The fourth-order valence-corrected chi connectivity index (χ4v) is 2.32. The van der Waals surface area contributed by atoms with Crippen LogP contribution in [0.15, 0.2) is 18.2 Å². The van der Waals surface area contributed by atoms with Gasteiger partial charge in [-0.3, -0.25) is 14.9 Å². The Bertz CT molecular complexity index is 527. The van der Waals surface area contributed by atoms with Gasteiger partial charge < -0.3 is 15.4 Å². The highest BCUT2D eigenvalue weighted by atomic mass is 16.6. The van der Waals surface area contributed by atoms with Crippen LogP contribution >= 0.6 is 0 Å². The minimum Gasteiger partial charge on any atom is -0.494 e. The molecule has 0 spiro atoms. The quantitative estimate of drug-likeness (QED) is 0.640. The number of nitro benzene ring substituents is 1. The third-order valence-corrected chi connectivity index (χ3v) is 3.36. The number of hydrogen-bond donors (Lipinski definition) is 2. The van der Waals surface area contributed by atoms with Gasteiger partial charge in [-0.1, -0.05) is 6.42 Å². The van der Waals surface area contributed by atoms with Crippen molar-refractivity contribution in [2.24, 2.45) is 0 Å². The first-order valence-electron chi connectivity index (χ1n) is 7.07. The summed E-state index contributed by atoms with van der Waals surface area (Å²) in [5, 5.41) is 16.9. The lowest BCUT2D eigenvalue weighted by molar-refractivity contribution is -0.384. The molecule has 1 atom stereocenters. The maximum Gasteiger partial charge on any atom is 0.296 e. The second-order valence-electron chi connectivity index (χ2n) is 4.86. The van der Waals surface area contributed by atoms with E-state index in [0.717, 1.165) is 25.8 Å². The van der Waals surface area contributed by atoms with Crippen molar-refractivity contribution in [1.82, 2.24) is 5.32 Å². The van der Waals surface area contributed by atoms with Crippen LogP contribution in [0.3, 0.4) is 0 Å².